The van der Waals surface area contributed by atoms with E-state index >= 15 is 0 Å². The second-order valence-electron chi connectivity index (χ2n) is 9.16. The molecule has 1 N–H and O–H groups in total. The van der Waals surface area contributed by atoms with Gasteiger partial charge in [0.25, 0.3) is 5.91 Å². The van der Waals surface area contributed by atoms with E-state index in [0.717, 1.165) is 57.5 Å². The topological polar surface area (TPSA) is 78.8 Å². The van der Waals surface area contributed by atoms with Crippen molar-refractivity contribution in [2.24, 2.45) is 5.41 Å². The van der Waals surface area contributed by atoms with Gasteiger partial charge in [0.05, 0.1) is 17.8 Å². The maximum atomic E-state index is 13.3. The molecule has 1 aromatic carbocycles. The highest BCUT2D eigenvalue weighted by Crippen LogP contribution is 2.37. The van der Waals surface area contributed by atoms with Crippen LogP contribution in [0.3, 0.4) is 0 Å². The molecule has 4 heterocycles. The smallest absolute Gasteiger partial charge is 0.257 e. The summed E-state index contributed by atoms with van der Waals surface area (Å²) in [6, 6.07) is 8.17. The molecular weight excluding hydrogens is 404 g/mol. The van der Waals surface area contributed by atoms with Crippen molar-refractivity contribution in [2.45, 2.75) is 45.6 Å². The van der Waals surface area contributed by atoms with Gasteiger partial charge in [0.2, 0.25) is 0 Å². The van der Waals surface area contributed by atoms with Crippen molar-refractivity contribution >= 4 is 5.91 Å². The first-order valence-electron chi connectivity index (χ1n) is 11.7. The molecular formula is C25H34N4O3. The second kappa shape index (κ2) is 10.4. The molecule has 7 nitrogen and oxygen atoms in total. The van der Waals surface area contributed by atoms with Crippen LogP contribution in [-0.2, 0) is 6.54 Å². The van der Waals surface area contributed by atoms with Crippen molar-refractivity contribution in [1.29, 1.82) is 0 Å². The number of para-hydroxylation sites is 1. The molecule has 172 valence electrons. The summed E-state index contributed by atoms with van der Waals surface area (Å²) in [6.07, 6.45) is 7.99. The predicted molar refractivity (Wildman–Crippen MR) is 122 cm³/mol. The minimum atomic E-state index is -0.0479. The number of carbonyl (C=O) groups is 1. The molecule has 2 bridgehead atoms. The third-order valence-electron chi connectivity index (χ3n) is 7.05. The molecule has 2 aromatic rings. The molecule has 3 aliphatic rings. The third-order valence-corrected chi connectivity index (χ3v) is 7.05. The minimum absolute atomic E-state index is 0.00535. The zero-order valence-corrected chi connectivity index (χ0v) is 19.0. The molecule has 1 fully saturated rings. The monoisotopic (exact) mass is 438 g/mol. The summed E-state index contributed by atoms with van der Waals surface area (Å²) in [4.78, 5) is 25.8. The van der Waals surface area contributed by atoms with E-state index in [0.29, 0.717) is 31.0 Å². The molecule has 32 heavy (non-hydrogen) atoms. The fourth-order valence-corrected chi connectivity index (χ4v) is 4.84. The van der Waals surface area contributed by atoms with Crippen LogP contribution < -0.4 is 4.74 Å². The van der Waals surface area contributed by atoms with Gasteiger partial charge >= 0.3 is 0 Å². The van der Waals surface area contributed by atoms with Crippen molar-refractivity contribution in [3.8, 4) is 5.75 Å². The normalized spacial score (nSPS) is 24.7. The molecule has 0 aliphatic carbocycles. The summed E-state index contributed by atoms with van der Waals surface area (Å²) in [5, 5.41) is 10.2. The van der Waals surface area contributed by atoms with E-state index in [4.69, 9.17) is 4.74 Å². The summed E-state index contributed by atoms with van der Waals surface area (Å²) in [5.41, 5.74) is 2.41. The Morgan fingerprint density at radius 3 is 2.72 bits per heavy atom. The summed E-state index contributed by atoms with van der Waals surface area (Å²) in [5.74, 6) is 0.834. The van der Waals surface area contributed by atoms with Crippen LogP contribution in [0, 0.1) is 12.3 Å². The number of piperidine rings is 1. The number of hydrogen-bond donors (Lipinski definition) is 1. The van der Waals surface area contributed by atoms with Crippen molar-refractivity contribution in [3.63, 3.8) is 0 Å². The van der Waals surface area contributed by atoms with Crippen LogP contribution in [0.15, 0.2) is 36.8 Å². The number of ether oxygens (including phenoxy) is 1. The molecule has 0 unspecified atom stereocenters. The summed E-state index contributed by atoms with van der Waals surface area (Å²) >= 11 is 0. The van der Waals surface area contributed by atoms with Gasteiger partial charge in [0.15, 0.2) is 0 Å². The van der Waals surface area contributed by atoms with Crippen molar-refractivity contribution < 1.29 is 14.6 Å². The Hall–Kier alpha value is -2.51. The first-order valence-corrected chi connectivity index (χ1v) is 11.7. The third kappa shape index (κ3) is 5.27. The number of benzene rings is 1. The first kappa shape index (κ1) is 22.7. The van der Waals surface area contributed by atoms with Crippen molar-refractivity contribution in [1.82, 2.24) is 19.8 Å². The highest BCUT2D eigenvalue weighted by molar-refractivity contribution is 5.94. The standard InChI is InChI=1S/C25H34N4O3/c1-20-22(16-26-19-27-20)24(31)29-11-5-4-8-25(18-30)9-12-28(13-10-25)17-21-6-2-3-7-23(21)32-15-14-29/h2-3,6-7,16,19,30H,4-5,8-15,17-18H2,1H3. The van der Waals surface area contributed by atoms with E-state index in [1.165, 1.54) is 11.9 Å². The molecule has 0 spiro atoms. The Balaban J connectivity index is 1.54. The zero-order chi connectivity index (χ0) is 22.4. The SMILES string of the molecule is Cc1ncncc1C(=O)N1CCCCC2(CO)CCN(CC2)Cc2ccccc2OCC1. The average Bonchev–Trinajstić information content (AvgIpc) is 2.83. The van der Waals surface area contributed by atoms with Crippen LogP contribution >= 0.6 is 0 Å². The van der Waals surface area contributed by atoms with Gasteiger partial charge in [-0.15, -0.1) is 0 Å². The fourth-order valence-electron chi connectivity index (χ4n) is 4.84. The van der Waals surface area contributed by atoms with Crippen LogP contribution in [0.25, 0.3) is 0 Å². The maximum Gasteiger partial charge on any atom is 0.257 e. The van der Waals surface area contributed by atoms with Crippen molar-refractivity contribution in [2.75, 3.05) is 39.4 Å². The minimum Gasteiger partial charge on any atom is -0.491 e. The Bertz CT molecular complexity index is 912. The lowest BCUT2D eigenvalue weighted by atomic mass is 9.75. The summed E-state index contributed by atoms with van der Waals surface area (Å²) in [7, 11) is 0. The van der Waals surface area contributed by atoms with Crippen LogP contribution in [0.5, 0.6) is 5.75 Å². The zero-order valence-electron chi connectivity index (χ0n) is 19.0. The maximum absolute atomic E-state index is 13.3. The van der Waals surface area contributed by atoms with E-state index in [-0.39, 0.29) is 17.9 Å². The van der Waals surface area contributed by atoms with E-state index in [1.807, 2.05) is 30.0 Å². The highest BCUT2D eigenvalue weighted by Gasteiger charge is 2.34. The molecule has 1 amide bonds. The quantitative estimate of drug-likeness (QED) is 0.776. The number of rotatable bonds is 2. The lowest BCUT2D eigenvalue weighted by molar-refractivity contribution is 0.0319. The van der Waals surface area contributed by atoms with Gasteiger partial charge in [-0.2, -0.15) is 0 Å². The van der Waals surface area contributed by atoms with Crippen molar-refractivity contribution in [3.05, 3.63) is 53.6 Å². The first-order chi connectivity index (χ1) is 15.6. The Morgan fingerprint density at radius 1 is 1.12 bits per heavy atom. The number of amides is 1. The molecule has 1 saturated heterocycles. The number of nitrogens with zero attached hydrogens (tertiary/aromatic N) is 4. The molecule has 5 rings (SSSR count). The Labute approximate surface area is 190 Å². The Kier molecular flexibility index (Phi) is 7.37. The van der Waals surface area contributed by atoms with Gasteiger partial charge < -0.3 is 14.7 Å². The predicted octanol–water partition coefficient (Wildman–Crippen LogP) is 3.06. The fraction of sp³-hybridized carbons (Fsp3) is 0.560. The number of carbonyl (C=O) groups excluding carboxylic acids is 1. The molecule has 1 aromatic heterocycles. The number of aliphatic hydroxyl groups excluding tert-OH is 1. The summed E-state index contributed by atoms with van der Waals surface area (Å²) < 4.78 is 6.17. The Morgan fingerprint density at radius 2 is 1.94 bits per heavy atom. The largest absolute Gasteiger partial charge is 0.491 e. The molecule has 0 saturated carbocycles. The highest BCUT2D eigenvalue weighted by atomic mass is 16.5. The van der Waals surface area contributed by atoms with E-state index in [2.05, 4.69) is 20.9 Å². The molecule has 0 radical (unpaired) electrons. The van der Waals surface area contributed by atoms with Gasteiger partial charge in [-0.05, 0) is 57.2 Å². The molecule has 0 atom stereocenters. The van der Waals surface area contributed by atoms with E-state index in [9.17, 15) is 9.90 Å². The van der Waals surface area contributed by atoms with Crippen LogP contribution in [0.4, 0.5) is 0 Å². The number of aryl methyl sites for hydroxylation is 1. The van der Waals surface area contributed by atoms with Gasteiger partial charge in [-0.3, -0.25) is 9.69 Å². The van der Waals surface area contributed by atoms with Gasteiger partial charge in [-0.1, -0.05) is 24.6 Å². The van der Waals surface area contributed by atoms with E-state index in [1.54, 1.807) is 6.20 Å². The molecule has 3 aliphatic heterocycles. The van der Waals surface area contributed by atoms with Crippen LogP contribution in [0.2, 0.25) is 0 Å². The molecule has 7 heteroatoms. The average molecular weight is 439 g/mol. The lowest BCUT2D eigenvalue weighted by Crippen LogP contribution is -2.41. The number of aromatic nitrogens is 2. The number of hydrogen-bond acceptors (Lipinski definition) is 6. The number of fused-ring (bicyclic) bond motifs is 9. The van der Waals surface area contributed by atoms with Crippen LogP contribution in [-0.4, -0.2) is 70.2 Å². The van der Waals surface area contributed by atoms with Gasteiger partial charge in [0, 0.05) is 31.5 Å². The summed E-state index contributed by atoms with van der Waals surface area (Å²) in [6.45, 7) is 6.52. The van der Waals surface area contributed by atoms with Gasteiger partial charge in [0.1, 0.15) is 18.7 Å². The van der Waals surface area contributed by atoms with Crippen LogP contribution in [0.1, 0.15) is 53.7 Å². The second-order valence-corrected chi connectivity index (χ2v) is 9.16. The number of aliphatic hydroxyl groups is 1. The van der Waals surface area contributed by atoms with Gasteiger partial charge in [-0.25, -0.2) is 9.97 Å². The van der Waals surface area contributed by atoms with E-state index < -0.39 is 0 Å². The lowest BCUT2D eigenvalue weighted by Gasteiger charge is -2.41.